The Labute approximate surface area is 169 Å². The molecule has 1 aliphatic carbocycles. The second-order valence-corrected chi connectivity index (χ2v) is 7.49. The van der Waals surface area contributed by atoms with Crippen molar-refractivity contribution in [2.24, 2.45) is 5.73 Å². The molecule has 0 saturated carbocycles. The van der Waals surface area contributed by atoms with Crippen LogP contribution in [0.1, 0.15) is 33.1 Å². The minimum Gasteiger partial charge on any atom is -0.454 e. The highest BCUT2D eigenvalue weighted by Crippen LogP contribution is 2.27. The number of allylic oxidation sites excluding steroid dienone is 2. The van der Waals surface area contributed by atoms with Crippen molar-refractivity contribution in [3.63, 3.8) is 0 Å². The van der Waals surface area contributed by atoms with E-state index in [1.165, 1.54) is 24.8 Å². The van der Waals surface area contributed by atoms with Crippen LogP contribution in [0.2, 0.25) is 0 Å². The van der Waals surface area contributed by atoms with E-state index in [4.69, 9.17) is 15.2 Å². The largest absolute Gasteiger partial charge is 0.454 e. The van der Waals surface area contributed by atoms with E-state index in [2.05, 4.69) is 41.5 Å². The Kier molecular flexibility index (Phi) is 7.61. The Balaban J connectivity index is 1.63. The van der Waals surface area contributed by atoms with Crippen molar-refractivity contribution < 1.29 is 9.47 Å². The summed E-state index contributed by atoms with van der Waals surface area (Å²) >= 11 is 0. The first-order valence-corrected chi connectivity index (χ1v) is 10.4. The highest BCUT2D eigenvalue weighted by atomic mass is 16.7. The summed E-state index contributed by atoms with van der Waals surface area (Å²) in [6.45, 7) is 10.3. The number of rotatable bonds is 8. The lowest BCUT2D eigenvalue weighted by atomic mass is 10.1. The third-order valence-electron chi connectivity index (χ3n) is 5.37. The van der Waals surface area contributed by atoms with Crippen molar-refractivity contribution in [1.29, 1.82) is 0 Å². The molecule has 0 aromatic rings. The lowest BCUT2D eigenvalue weighted by molar-refractivity contribution is 0.0967. The molecule has 2 fully saturated rings. The summed E-state index contributed by atoms with van der Waals surface area (Å²) in [6.07, 6.45) is 14.0. The molecule has 0 radical (unpaired) electrons. The molecule has 0 amide bonds. The van der Waals surface area contributed by atoms with Crippen molar-refractivity contribution in [3.05, 3.63) is 64.5 Å². The van der Waals surface area contributed by atoms with Crippen LogP contribution in [0.5, 0.6) is 0 Å². The molecule has 28 heavy (non-hydrogen) atoms. The maximum absolute atomic E-state index is 6.36. The standard InChI is InChI=1S/C23H33N3O2/c1-3-19(14-21(24)17-26-12-8-5-9-13-26)15-25(4-2)16-20-10-6-7-11-22-23(20)28-18-27-22/h3,7,10-11,14H,4-5,8-9,12-13,15-18,24H2,1-2H3/b19-3+,21-14-. The zero-order valence-corrected chi connectivity index (χ0v) is 17.2. The molecule has 0 unspecified atom stereocenters. The second kappa shape index (κ2) is 10.4. The van der Waals surface area contributed by atoms with Gasteiger partial charge in [-0.15, -0.1) is 5.73 Å². The van der Waals surface area contributed by atoms with Gasteiger partial charge in [-0.25, -0.2) is 0 Å². The first kappa shape index (κ1) is 20.5. The van der Waals surface area contributed by atoms with Gasteiger partial charge in [0.1, 0.15) is 0 Å². The fourth-order valence-electron chi connectivity index (χ4n) is 3.78. The molecule has 0 aromatic heterocycles. The number of nitrogens with two attached hydrogens (primary N) is 1. The third-order valence-corrected chi connectivity index (χ3v) is 5.37. The molecule has 0 bridgehead atoms. The maximum atomic E-state index is 6.36. The number of nitrogens with zero attached hydrogens (tertiary/aromatic N) is 2. The average Bonchev–Trinajstić information content (AvgIpc) is 3.10. The summed E-state index contributed by atoms with van der Waals surface area (Å²) in [4.78, 5) is 4.84. The molecule has 5 nitrogen and oxygen atoms in total. The molecule has 0 spiro atoms. The predicted molar refractivity (Wildman–Crippen MR) is 113 cm³/mol. The number of piperidine rings is 1. The molecule has 2 heterocycles. The van der Waals surface area contributed by atoms with E-state index in [9.17, 15) is 0 Å². The SMILES string of the molecule is C/C=C(\C=C(/N)CN1CCCCC1)CN(CC)CC1=C2OCOC2=CC=C=C1. The third kappa shape index (κ3) is 5.65. The highest BCUT2D eigenvalue weighted by Gasteiger charge is 2.22. The molecule has 5 heteroatoms. The van der Waals surface area contributed by atoms with Crippen molar-refractivity contribution in [2.75, 3.05) is 46.1 Å². The number of ether oxygens (including phenoxy) is 2. The Morgan fingerprint density at radius 2 is 2.11 bits per heavy atom. The second-order valence-electron chi connectivity index (χ2n) is 7.49. The summed E-state index contributed by atoms with van der Waals surface area (Å²) < 4.78 is 11.2. The number of likely N-dealkylation sites (tertiary alicyclic amines) is 1. The van der Waals surface area contributed by atoms with Gasteiger partial charge in [0.15, 0.2) is 11.5 Å². The van der Waals surface area contributed by atoms with Crippen LogP contribution < -0.4 is 5.73 Å². The summed E-state index contributed by atoms with van der Waals surface area (Å²) in [6, 6.07) is 0. The summed E-state index contributed by atoms with van der Waals surface area (Å²) in [5.74, 6) is 1.63. The van der Waals surface area contributed by atoms with Gasteiger partial charge >= 0.3 is 0 Å². The molecule has 2 saturated heterocycles. The van der Waals surface area contributed by atoms with Crippen molar-refractivity contribution >= 4 is 0 Å². The minimum absolute atomic E-state index is 0.286. The van der Waals surface area contributed by atoms with Gasteiger partial charge in [-0.1, -0.05) is 19.4 Å². The van der Waals surface area contributed by atoms with E-state index in [1.54, 1.807) is 0 Å². The Morgan fingerprint density at radius 3 is 2.86 bits per heavy atom. The van der Waals surface area contributed by atoms with E-state index < -0.39 is 0 Å². The van der Waals surface area contributed by atoms with Gasteiger partial charge in [-0.2, -0.15) is 0 Å². The predicted octanol–water partition coefficient (Wildman–Crippen LogP) is 3.45. The van der Waals surface area contributed by atoms with Gasteiger partial charge in [0.2, 0.25) is 6.79 Å². The van der Waals surface area contributed by atoms with Crippen LogP contribution in [0.4, 0.5) is 0 Å². The van der Waals surface area contributed by atoms with Crippen LogP contribution in [0, 0.1) is 0 Å². The Morgan fingerprint density at radius 1 is 1.29 bits per heavy atom. The molecule has 0 atom stereocenters. The molecule has 2 aliphatic heterocycles. The van der Waals surface area contributed by atoms with E-state index in [0.717, 1.165) is 62.1 Å². The zero-order valence-electron chi connectivity index (χ0n) is 17.2. The van der Waals surface area contributed by atoms with Crippen LogP contribution in [0.25, 0.3) is 0 Å². The fraction of sp³-hybridized carbons (Fsp3) is 0.522. The lowest BCUT2D eigenvalue weighted by Crippen LogP contribution is -2.33. The number of hydrogen-bond donors (Lipinski definition) is 1. The van der Waals surface area contributed by atoms with Gasteiger partial charge < -0.3 is 15.2 Å². The van der Waals surface area contributed by atoms with Crippen molar-refractivity contribution in [1.82, 2.24) is 9.80 Å². The summed E-state index contributed by atoms with van der Waals surface area (Å²) in [7, 11) is 0. The van der Waals surface area contributed by atoms with Gasteiger partial charge in [0, 0.05) is 30.9 Å². The van der Waals surface area contributed by atoms with E-state index >= 15 is 0 Å². The highest BCUT2D eigenvalue weighted by molar-refractivity contribution is 5.39. The Bertz CT molecular complexity index is 733. The molecular weight excluding hydrogens is 350 g/mol. The van der Waals surface area contributed by atoms with Gasteiger partial charge in [-0.3, -0.25) is 9.80 Å². The van der Waals surface area contributed by atoms with Crippen LogP contribution in [0.3, 0.4) is 0 Å². The molecular formula is C23H33N3O2. The average molecular weight is 384 g/mol. The van der Waals surface area contributed by atoms with Gasteiger partial charge in [0.25, 0.3) is 0 Å². The monoisotopic (exact) mass is 383 g/mol. The quantitative estimate of drug-likeness (QED) is 0.514. The minimum atomic E-state index is 0.286. The van der Waals surface area contributed by atoms with Crippen LogP contribution in [0.15, 0.2) is 64.5 Å². The number of likely N-dealkylation sites (N-methyl/N-ethyl adjacent to an activating group) is 1. The van der Waals surface area contributed by atoms with E-state index in [0.29, 0.717) is 0 Å². The van der Waals surface area contributed by atoms with Crippen molar-refractivity contribution in [3.8, 4) is 0 Å². The first-order chi connectivity index (χ1) is 13.7. The molecule has 2 N–H and O–H groups in total. The van der Waals surface area contributed by atoms with E-state index in [-0.39, 0.29) is 6.79 Å². The topological polar surface area (TPSA) is 51.0 Å². The van der Waals surface area contributed by atoms with Gasteiger partial charge in [-0.05, 0) is 69.3 Å². The van der Waals surface area contributed by atoms with Crippen LogP contribution in [-0.2, 0) is 9.47 Å². The van der Waals surface area contributed by atoms with Crippen LogP contribution >= 0.6 is 0 Å². The van der Waals surface area contributed by atoms with E-state index in [1.807, 2.05) is 18.2 Å². The van der Waals surface area contributed by atoms with Crippen molar-refractivity contribution in [2.45, 2.75) is 33.1 Å². The number of fused-ring (bicyclic) bond motifs is 1. The molecule has 0 aromatic carbocycles. The Hall–Kier alpha value is -2.20. The molecule has 152 valence electrons. The normalized spacial score (nSPS) is 20.8. The maximum Gasteiger partial charge on any atom is 0.231 e. The smallest absolute Gasteiger partial charge is 0.231 e. The fourth-order valence-corrected chi connectivity index (χ4v) is 3.78. The molecule has 3 rings (SSSR count). The first-order valence-electron chi connectivity index (χ1n) is 10.4. The zero-order chi connectivity index (χ0) is 19.8. The number of hydrogen-bond acceptors (Lipinski definition) is 5. The lowest BCUT2D eigenvalue weighted by Gasteiger charge is -2.27. The summed E-state index contributed by atoms with van der Waals surface area (Å²) in [5, 5.41) is 0. The van der Waals surface area contributed by atoms with Crippen LogP contribution in [-0.4, -0.2) is 55.9 Å². The summed E-state index contributed by atoms with van der Waals surface area (Å²) in [5.41, 5.74) is 12.8. The van der Waals surface area contributed by atoms with Gasteiger partial charge in [0.05, 0.1) is 0 Å². The molecule has 3 aliphatic rings.